The minimum atomic E-state index is -1.09. The molecule has 12 heteroatoms. The van der Waals surface area contributed by atoms with Crippen molar-refractivity contribution in [1.82, 2.24) is 29.3 Å². The van der Waals surface area contributed by atoms with Crippen LogP contribution in [-0.4, -0.2) is 86.1 Å². The number of amides is 2. The van der Waals surface area contributed by atoms with Crippen molar-refractivity contribution in [3.63, 3.8) is 0 Å². The van der Waals surface area contributed by atoms with Crippen molar-refractivity contribution in [3.05, 3.63) is 60.4 Å². The zero-order valence-corrected chi connectivity index (χ0v) is 30.5. The Hall–Kier alpha value is -4.45. The first-order valence-electron chi connectivity index (χ1n) is 18.8. The average Bonchev–Trinajstić information content (AvgIpc) is 3.67. The maximum Gasteiger partial charge on any atom is 0.238 e. The van der Waals surface area contributed by atoms with Gasteiger partial charge in [-0.15, -0.1) is 0 Å². The number of alkyl halides is 1. The zero-order chi connectivity index (χ0) is 36.4. The van der Waals surface area contributed by atoms with Gasteiger partial charge in [0.15, 0.2) is 11.6 Å². The van der Waals surface area contributed by atoms with Gasteiger partial charge in [0.1, 0.15) is 12.2 Å². The lowest BCUT2D eigenvalue weighted by Crippen LogP contribution is -2.58. The van der Waals surface area contributed by atoms with Crippen LogP contribution in [0.25, 0.3) is 22.3 Å². The van der Waals surface area contributed by atoms with E-state index in [-0.39, 0.29) is 29.6 Å². The zero-order valence-electron chi connectivity index (χ0n) is 30.5. The summed E-state index contributed by atoms with van der Waals surface area (Å²) in [6.45, 7) is 9.73. The van der Waals surface area contributed by atoms with Crippen LogP contribution in [0.15, 0.2) is 49.1 Å². The van der Waals surface area contributed by atoms with Gasteiger partial charge in [0, 0.05) is 48.7 Å². The molecule has 0 atom stereocenters. The number of halogens is 2. The Balaban J connectivity index is 1.17. The highest BCUT2D eigenvalue weighted by Crippen LogP contribution is 2.52. The molecule has 3 aliphatic heterocycles. The maximum absolute atomic E-state index is 14.8. The molecule has 52 heavy (non-hydrogen) atoms. The van der Waals surface area contributed by atoms with Crippen molar-refractivity contribution in [1.29, 1.82) is 0 Å². The quantitative estimate of drug-likeness (QED) is 0.207. The first kappa shape index (κ1) is 34.6. The summed E-state index contributed by atoms with van der Waals surface area (Å²) in [5.74, 6) is -0.109. The first-order chi connectivity index (χ1) is 25.0. The van der Waals surface area contributed by atoms with Crippen molar-refractivity contribution in [3.8, 4) is 11.3 Å². The molecule has 4 aromatic rings. The molecule has 1 aromatic carbocycles. The molecule has 0 unspecified atom stereocenters. The van der Waals surface area contributed by atoms with E-state index in [0.29, 0.717) is 43.5 Å². The average molecular weight is 711 g/mol. The molecule has 1 saturated carbocycles. The van der Waals surface area contributed by atoms with Crippen LogP contribution in [0.1, 0.15) is 84.2 Å². The highest BCUT2D eigenvalue weighted by molar-refractivity contribution is 6.09. The lowest BCUT2D eigenvalue weighted by molar-refractivity contribution is -0.144. The van der Waals surface area contributed by atoms with Gasteiger partial charge in [-0.05, 0) is 103 Å². The molecule has 1 N–H and O–H groups in total. The number of likely N-dealkylation sites (tertiary alicyclic amines) is 2. The third kappa shape index (κ3) is 5.74. The molecule has 3 fully saturated rings. The van der Waals surface area contributed by atoms with Crippen LogP contribution in [0.2, 0.25) is 0 Å². The summed E-state index contributed by atoms with van der Waals surface area (Å²) in [4.78, 5) is 48.1. The van der Waals surface area contributed by atoms with Gasteiger partial charge in [0.2, 0.25) is 11.8 Å². The number of fused-ring (bicyclic) bond motifs is 3. The summed E-state index contributed by atoms with van der Waals surface area (Å²) >= 11 is 0. The van der Waals surface area contributed by atoms with Crippen molar-refractivity contribution in [2.24, 2.45) is 5.41 Å². The van der Waals surface area contributed by atoms with Gasteiger partial charge in [-0.2, -0.15) is 0 Å². The fourth-order valence-electron chi connectivity index (χ4n) is 8.81. The van der Waals surface area contributed by atoms with Gasteiger partial charge in [0.25, 0.3) is 0 Å². The van der Waals surface area contributed by atoms with Crippen LogP contribution in [0.3, 0.4) is 0 Å². The number of benzene rings is 1. The summed E-state index contributed by atoms with van der Waals surface area (Å²) in [5.41, 5.74) is 3.28. The fourth-order valence-corrected chi connectivity index (χ4v) is 8.81. The van der Waals surface area contributed by atoms with Crippen molar-refractivity contribution in [2.75, 3.05) is 43.1 Å². The maximum atomic E-state index is 14.8. The Morgan fingerprint density at radius 2 is 1.79 bits per heavy atom. The topological polar surface area (TPSA) is 99.5 Å². The summed E-state index contributed by atoms with van der Waals surface area (Å²) in [6.07, 6.45) is 11.1. The molecule has 6 heterocycles. The molecule has 1 aliphatic carbocycles. The predicted octanol–water partition coefficient (Wildman–Crippen LogP) is 7.18. The smallest absolute Gasteiger partial charge is 0.238 e. The number of hydrogen-bond acceptors (Lipinski definition) is 7. The van der Waals surface area contributed by atoms with E-state index in [1.165, 1.54) is 31.7 Å². The molecule has 0 bridgehead atoms. The van der Waals surface area contributed by atoms with Crippen LogP contribution in [0.4, 0.5) is 26.0 Å². The number of piperidine rings is 2. The van der Waals surface area contributed by atoms with E-state index in [1.807, 2.05) is 16.7 Å². The number of nitrogens with zero attached hydrogens (tertiary/aromatic N) is 7. The number of carbonyl (C=O) groups excluding carboxylic acids is 2. The summed E-state index contributed by atoms with van der Waals surface area (Å²) in [5, 5.41) is 3.21. The number of nitrogens with one attached hydrogen (secondary N) is 1. The molecule has 0 radical (unpaired) electrons. The van der Waals surface area contributed by atoms with Crippen LogP contribution < -0.4 is 10.2 Å². The standard InChI is InChI=1S/C40H48F2N8O2/c1-25(2)49-24-44-33-21-32(46-36(35(33)49)45-31-10-13-43-22-30(31)42)26-8-9-29-34(18-26)50(28-19-27(20-28)47-14-6-5-7-15-47)38(52)40(29)11-16-48(17-12-40)37(51)39(3,4)23-41/h8-10,13,18,21-22,24-25,27-28H,5-7,11-12,14-17,19-20,23H2,1-4H3,(H,43,45,46)/t27-,28+. The van der Waals surface area contributed by atoms with Gasteiger partial charge in [-0.3, -0.25) is 14.6 Å². The Bertz CT molecular complexity index is 2010. The molecule has 1 spiro atoms. The number of imidazole rings is 1. The number of anilines is 3. The van der Waals surface area contributed by atoms with Crippen molar-refractivity contribution < 1.29 is 18.4 Å². The number of rotatable bonds is 8. The van der Waals surface area contributed by atoms with Gasteiger partial charge in [-0.25, -0.2) is 18.7 Å². The molecular formula is C40H48F2N8O2. The SMILES string of the molecule is CC(C)n1cnc2cc(-c3ccc4c(c3)N([C@H]3C[C@@H](N5CCCCC5)C3)C(=O)C43CCN(C(=O)C(C)(C)CF)CC3)nc(Nc3ccncc3F)c21. The molecule has 3 aromatic heterocycles. The summed E-state index contributed by atoms with van der Waals surface area (Å²) < 4.78 is 30.6. The summed E-state index contributed by atoms with van der Waals surface area (Å²) in [6, 6.07) is 10.4. The minimum absolute atomic E-state index is 0.0852. The van der Waals surface area contributed by atoms with Crippen molar-refractivity contribution in [2.45, 2.75) is 96.2 Å². The monoisotopic (exact) mass is 710 g/mol. The summed E-state index contributed by atoms with van der Waals surface area (Å²) in [7, 11) is 0. The molecule has 4 aliphatic rings. The largest absolute Gasteiger partial charge is 0.342 e. The van der Waals surface area contributed by atoms with Crippen LogP contribution in [0, 0.1) is 11.2 Å². The minimum Gasteiger partial charge on any atom is -0.342 e. The van der Waals surface area contributed by atoms with Crippen LogP contribution in [-0.2, 0) is 15.0 Å². The molecule has 2 saturated heterocycles. The molecule has 2 amide bonds. The Morgan fingerprint density at radius 1 is 1.04 bits per heavy atom. The molecular weight excluding hydrogens is 662 g/mol. The normalized spacial score (nSPS) is 21.9. The number of hydrogen-bond donors (Lipinski definition) is 1. The van der Waals surface area contributed by atoms with Gasteiger partial charge >= 0.3 is 0 Å². The van der Waals surface area contributed by atoms with Gasteiger partial charge in [-0.1, -0.05) is 18.6 Å². The van der Waals surface area contributed by atoms with E-state index in [9.17, 15) is 18.4 Å². The van der Waals surface area contributed by atoms with E-state index in [0.717, 1.165) is 53.8 Å². The molecule has 274 valence electrons. The second-order valence-corrected chi connectivity index (χ2v) is 16.1. The van der Waals surface area contributed by atoms with E-state index < -0.39 is 23.3 Å². The number of pyridine rings is 2. The van der Waals surface area contributed by atoms with Crippen LogP contribution >= 0.6 is 0 Å². The Labute approximate surface area is 303 Å². The fraction of sp³-hybridized carbons (Fsp3) is 0.525. The number of carbonyl (C=O) groups is 2. The van der Waals surface area contributed by atoms with E-state index in [4.69, 9.17) is 9.97 Å². The first-order valence-corrected chi connectivity index (χ1v) is 18.8. The highest BCUT2D eigenvalue weighted by atomic mass is 19.1. The van der Waals surface area contributed by atoms with Crippen LogP contribution in [0.5, 0.6) is 0 Å². The third-order valence-corrected chi connectivity index (χ3v) is 12.0. The van der Waals surface area contributed by atoms with E-state index >= 15 is 0 Å². The predicted molar refractivity (Wildman–Crippen MR) is 198 cm³/mol. The van der Waals surface area contributed by atoms with Gasteiger partial charge in [0.05, 0.1) is 40.3 Å². The molecule has 10 nitrogen and oxygen atoms in total. The second-order valence-electron chi connectivity index (χ2n) is 16.1. The molecule has 8 rings (SSSR count). The van der Waals surface area contributed by atoms with E-state index in [2.05, 4.69) is 46.1 Å². The van der Waals surface area contributed by atoms with E-state index in [1.54, 1.807) is 31.1 Å². The van der Waals surface area contributed by atoms with Crippen molar-refractivity contribution >= 4 is 40.0 Å². The third-order valence-electron chi connectivity index (χ3n) is 12.0. The highest BCUT2D eigenvalue weighted by Gasteiger charge is 2.56. The van der Waals surface area contributed by atoms with Gasteiger partial charge < -0.3 is 24.6 Å². The Morgan fingerprint density at radius 3 is 2.48 bits per heavy atom. The number of aromatic nitrogens is 4. The lowest BCUT2D eigenvalue weighted by atomic mass is 9.73. The lowest BCUT2D eigenvalue weighted by Gasteiger charge is -2.48. The second kappa shape index (κ2) is 13.2. The Kier molecular flexibility index (Phi) is 8.79.